The highest BCUT2D eigenvalue weighted by Gasteiger charge is 2.25. The number of nitrogens with zero attached hydrogens (tertiary/aromatic N) is 1. The SMILES string of the molecule is Cc1ccc(C(=O)CCC(=O)N2CCC(CN)C2)cc1. The number of rotatable bonds is 5. The predicted octanol–water partition coefficient (Wildman–Crippen LogP) is 1.77. The molecule has 1 aliphatic heterocycles. The van der Waals surface area contributed by atoms with Crippen molar-refractivity contribution in [1.82, 2.24) is 4.90 Å². The van der Waals surface area contributed by atoms with Crippen LogP contribution in [0.5, 0.6) is 0 Å². The van der Waals surface area contributed by atoms with Crippen LogP contribution >= 0.6 is 0 Å². The number of ketones is 1. The zero-order valence-electron chi connectivity index (χ0n) is 12.0. The van der Waals surface area contributed by atoms with Crippen molar-refractivity contribution < 1.29 is 9.59 Å². The maximum atomic E-state index is 12.0. The first-order valence-electron chi connectivity index (χ1n) is 7.18. The molecule has 0 radical (unpaired) electrons. The number of hydrogen-bond donors (Lipinski definition) is 1. The topological polar surface area (TPSA) is 63.4 Å². The summed E-state index contributed by atoms with van der Waals surface area (Å²) in [6, 6.07) is 7.48. The molecule has 0 aliphatic carbocycles. The zero-order valence-corrected chi connectivity index (χ0v) is 12.0. The van der Waals surface area contributed by atoms with Gasteiger partial charge in [-0.25, -0.2) is 0 Å². The molecule has 2 N–H and O–H groups in total. The fraction of sp³-hybridized carbons (Fsp3) is 0.500. The number of nitrogens with two attached hydrogens (primary N) is 1. The fourth-order valence-electron chi connectivity index (χ4n) is 2.51. The Morgan fingerprint density at radius 3 is 2.55 bits per heavy atom. The number of carbonyl (C=O) groups excluding carboxylic acids is 2. The van der Waals surface area contributed by atoms with Gasteiger partial charge in [-0.2, -0.15) is 0 Å². The lowest BCUT2D eigenvalue weighted by molar-refractivity contribution is -0.130. The van der Waals surface area contributed by atoms with Gasteiger partial charge in [0.15, 0.2) is 5.78 Å². The molecule has 4 nitrogen and oxygen atoms in total. The van der Waals surface area contributed by atoms with Crippen LogP contribution in [0.25, 0.3) is 0 Å². The van der Waals surface area contributed by atoms with Gasteiger partial charge in [-0.1, -0.05) is 29.8 Å². The largest absolute Gasteiger partial charge is 0.342 e. The van der Waals surface area contributed by atoms with Crippen molar-refractivity contribution in [2.75, 3.05) is 19.6 Å². The Labute approximate surface area is 119 Å². The molecule has 4 heteroatoms. The summed E-state index contributed by atoms with van der Waals surface area (Å²) in [5.74, 6) is 0.529. The average Bonchev–Trinajstić information content (AvgIpc) is 2.94. The van der Waals surface area contributed by atoms with Gasteiger partial charge < -0.3 is 10.6 Å². The van der Waals surface area contributed by atoms with Gasteiger partial charge in [0, 0.05) is 31.5 Å². The van der Waals surface area contributed by atoms with E-state index in [0.717, 1.165) is 25.1 Å². The summed E-state index contributed by atoms with van der Waals surface area (Å²) >= 11 is 0. The molecule has 0 spiro atoms. The number of benzene rings is 1. The number of Topliss-reactive ketones (excluding diaryl/α,β-unsaturated/α-hetero) is 1. The predicted molar refractivity (Wildman–Crippen MR) is 78.5 cm³/mol. The van der Waals surface area contributed by atoms with Crippen LogP contribution in [0.15, 0.2) is 24.3 Å². The minimum atomic E-state index is 0.0351. The molecule has 20 heavy (non-hydrogen) atoms. The van der Waals surface area contributed by atoms with Crippen molar-refractivity contribution >= 4 is 11.7 Å². The second kappa shape index (κ2) is 6.66. The highest BCUT2D eigenvalue weighted by Crippen LogP contribution is 2.17. The van der Waals surface area contributed by atoms with Crippen LogP contribution in [0.3, 0.4) is 0 Å². The molecule has 108 valence electrons. The lowest BCUT2D eigenvalue weighted by atomic mass is 10.0. The van der Waals surface area contributed by atoms with Crippen LogP contribution in [0.2, 0.25) is 0 Å². The molecular formula is C16H22N2O2. The molecule has 1 amide bonds. The van der Waals surface area contributed by atoms with E-state index in [-0.39, 0.29) is 18.1 Å². The lowest BCUT2D eigenvalue weighted by Gasteiger charge is -2.15. The molecule has 1 fully saturated rings. The molecule has 1 aliphatic rings. The maximum Gasteiger partial charge on any atom is 0.223 e. The van der Waals surface area contributed by atoms with Crippen LogP contribution in [-0.2, 0) is 4.79 Å². The third-order valence-corrected chi connectivity index (χ3v) is 3.91. The van der Waals surface area contributed by atoms with Crippen LogP contribution in [0.1, 0.15) is 35.2 Å². The number of hydrogen-bond acceptors (Lipinski definition) is 3. The number of carbonyl (C=O) groups is 2. The third-order valence-electron chi connectivity index (χ3n) is 3.91. The highest BCUT2D eigenvalue weighted by molar-refractivity contribution is 5.98. The molecule has 0 saturated carbocycles. The Balaban J connectivity index is 1.81. The molecule has 1 atom stereocenters. The molecular weight excluding hydrogens is 252 g/mol. The van der Waals surface area contributed by atoms with Crippen LogP contribution in [-0.4, -0.2) is 36.2 Å². The molecule has 1 aromatic carbocycles. The summed E-state index contributed by atoms with van der Waals surface area (Å²) in [6.07, 6.45) is 1.56. The van der Waals surface area contributed by atoms with Crippen molar-refractivity contribution in [1.29, 1.82) is 0 Å². The van der Waals surface area contributed by atoms with E-state index in [4.69, 9.17) is 5.73 Å². The molecule has 0 bridgehead atoms. The standard InChI is InChI=1S/C16H22N2O2/c1-12-2-4-14(5-3-12)15(19)6-7-16(20)18-9-8-13(10-17)11-18/h2-5,13H,6-11,17H2,1H3. The van der Waals surface area contributed by atoms with Crippen molar-refractivity contribution in [3.63, 3.8) is 0 Å². The van der Waals surface area contributed by atoms with E-state index in [0.29, 0.717) is 24.4 Å². The summed E-state index contributed by atoms with van der Waals surface area (Å²) in [5.41, 5.74) is 7.43. The van der Waals surface area contributed by atoms with Crippen molar-refractivity contribution in [2.24, 2.45) is 11.7 Å². The first-order chi connectivity index (χ1) is 9.60. The number of aryl methyl sites for hydroxylation is 1. The Kier molecular flexibility index (Phi) is 4.90. The Morgan fingerprint density at radius 2 is 1.95 bits per heavy atom. The Morgan fingerprint density at radius 1 is 1.25 bits per heavy atom. The van der Waals surface area contributed by atoms with E-state index in [9.17, 15) is 9.59 Å². The summed E-state index contributed by atoms with van der Waals surface area (Å²) < 4.78 is 0. The summed E-state index contributed by atoms with van der Waals surface area (Å²) in [6.45, 7) is 4.14. The van der Waals surface area contributed by atoms with Gasteiger partial charge in [0.25, 0.3) is 0 Å². The number of amides is 1. The lowest BCUT2D eigenvalue weighted by Crippen LogP contribution is -2.30. The van der Waals surface area contributed by atoms with Crippen LogP contribution < -0.4 is 5.73 Å². The van der Waals surface area contributed by atoms with Crippen LogP contribution in [0, 0.1) is 12.8 Å². The van der Waals surface area contributed by atoms with Crippen molar-refractivity contribution in [3.05, 3.63) is 35.4 Å². The fourth-order valence-corrected chi connectivity index (χ4v) is 2.51. The van der Waals surface area contributed by atoms with Gasteiger partial charge in [0.1, 0.15) is 0 Å². The van der Waals surface area contributed by atoms with E-state index in [1.165, 1.54) is 0 Å². The van der Waals surface area contributed by atoms with Crippen LogP contribution in [0.4, 0.5) is 0 Å². The van der Waals surface area contributed by atoms with E-state index < -0.39 is 0 Å². The van der Waals surface area contributed by atoms with E-state index in [1.54, 1.807) is 0 Å². The molecule has 1 heterocycles. The molecule has 0 aromatic heterocycles. The normalized spacial score (nSPS) is 18.3. The van der Waals surface area contributed by atoms with E-state index in [2.05, 4.69) is 0 Å². The summed E-state index contributed by atoms with van der Waals surface area (Å²) in [4.78, 5) is 25.9. The first kappa shape index (κ1) is 14.7. The second-order valence-corrected chi connectivity index (χ2v) is 5.52. The minimum absolute atomic E-state index is 0.0351. The number of likely N-dealkylation sites (tertiary alicyclic amines) is 1. The Bertz CT molecular complexity index is 482. The molecule has 1 aromatic rings. The monoisotopic (exact) mass is 274 g/mol. The Hall–Kier alpha value is -1.68. The van der Waals surface area contributed by atoms with Gasteiger partial charge in [-0.3, -0.25) is 9.59 Å². The third kappa shape index (κ3) is 3.67. The molecule has 2 rings (SSSR count). The molecule has 1 unspecified atom stereocenters. The zero-order chi connectivity index (χ0) is 14.5. The van der Waals surface area contributed by atoms with Gasteiger partial charge in [-0.15, -0.1) is 0 Å². The first-order valence-corrected chi connectivity index (χ1v) is 7.18. The maximum absolute atomic E-state index is 12.0. The van der Waals surface area contributed by atoms with Crippen molar-refractivity contribution in [3.8, 4) is 0 Å². The van der Waals surface area contributed by atoms with Gasteiger partial charge in [-0.05, 0) is 25.8 Å². The quantitative estimate of drug-likeness (QED) is 0.832. The minimum Gasteiger partial charge on any atom is -0.342 e. The van der Waals surface area contributed by atoms with E-state index in [1.807, 2.05) is 36.1 Å². The van der Waals surface area contributed by atoms with E-state index >= 15 is 0 Å². The smallest absolute Gasteiger partial charge is 0.223 e. The average molecular weight is 274 g/mol. The van der Waals surface area contributed by atoms with Gasteiger partial charge in [0.2, 0.25) is 5.91 Å². The highest BCUT2D eigenvalue weighted by atomic mass is 16.2. The van der Waals surface area contributed by atoms with Crippen molar-refractivity contribution in [2.45, 2.75) is 26.2 Å². The van der Waals surface area contributed by atoms with Gasteiger partial charge in [0.05, 0.1) is 0 Å². The summed E-state index contributed by atoms with van der Waals surface area (Å²) in [5, 5.41) is 0. The summed E-state index contributed by atoms with van der Waals surface area (Å²) in [7, 11) is 0. The van der Waals surface area contributed by atoms with Gasteiger partial charge >= 0.3 is 0 Å². The second-order valence-electron chi connectivity index (χ2n) is 5.52. The molecule has 1 saturated heterocycles.